The van der Waals surface area contributed by atoms with Gasteiger partial charge >= 0.3 is 0 Å². The summed E-state index contributed by atoms with van der Waals surface area (Å²) in [6, 6.07) is 5.13. The van der Waals surface area contributed by atoms with E-state index in [2.05, 4.69) is 36.8 Å². The average Bonchev–Trinajstić information content (AvgIpc) is 2.76. The van der Waals surface area contributed by atoms with Gasteiger partial charge in [-0.3, -0.25) is 4.79 Å². The van der Waals surface area contributed by atoms with Gasteiger partial charge in [-0.15, -0.1) is 5.10 Å². The lowest BCUT2D eigenvalue weighted by molar-refractivity contribution is -0.116. The quantitative estimate of drug-likeness (QED) is 0.936. The van der Waals surface area contributed by atoms with Crippen LogP contribution in [0.5, 0.6) is 0 Å². The number of hydrogen-bond acceptors (Lipinski definition) is 4. The largest absolute Gasteiger partial charge is 0.324 e. The summed E-state index contributed by atoms with van der Waals surface area (Å²) in [5.74, 6) is -0.216. The van der Waals surface area contributed by atoms with Crippen molar-refractivity contribution < 1.29 is 4.79 Å². The molecule has 0 bridgehead atoms. The molecule has 0 radical (unpaired) electrons. The van der Waals surface area contributed by atoms with Gasteiger partial charge in [0.25, 0.3) is 0 Å². The van der Waals surface area contributed by atoms with Gasteiger partial charge in [-0.05, 0) is 44.6 Å². The van der Waals surface area contributed by atoms with Crippen LogP contribution < -0.4 is 5.32 Å². The van der Waals surface area contributed by atoms with Crippen molar-refractivity contribution in [1.82, 2.24) is 20.2 Å². The third kappa shape index (κ3) is 3.24. The van der Waals surface area contributed by atoms with Crippen molar-refractivity contribution in [2.75, 3.05) is 5.32 Å². The Kier molecular flexibility index (Phi) is 3.70. The van der Waals surface area contributed by atoms with Crippen LogP contribution in [0.15, 0.2) is 29.0 Å². The molecule has 1 N–H and O–H groups in total. The normalized spacial score (nSPS) is 10.2. The first kappa shape index (κ1) is 12.0. The molecule has 6 nitrogen and oxygen atoms in total. The Labute approximate surface area is 110 Å². The van der Waals surface area contributed by atoms with E-state index in [0.29, 0.717) is 10.7 Å². The maximum atomic E-state index is 11.6. The van der Waals surface area contributed by atoms with Crippen LogP contribution in [0.25, 0.3) is 0 Å². The Morgan fingerprint density at radius 1 is 1.53 bits per heavy atom. The highest BCUT2D eigenvalue weighted by Gasteiger charge is 2.05. The Bertz CT molecular complexity index is 530. The summed E-state index contributed by atoms with van der Waals surface area (Å²) < 4.78 is 2.06. The third-order valence-corrected chi connectivity index (χ3v) is 3.11. The van der Waals surface area contributed by atoms with E-state index in [1.165, 1.54) is 11.0 Å². The average molecular weight is 317 g/mol. The molecule has 0 fully saturated rings. The van der Waals surface area contributed by atoms with Gasteiger partial charge in [0.1, 0.15) is 12.9 Å². The van der Waals surface area contributed by atoms with Crippen molar-refractivity contribution in [2.24, 2.45) is 0 Å². The summed E-state index contributed by atoms with van der Waals surface area (Å²) in [5, 5.41) is 13.8. The molecule has 1 aromatic carbocycles. The number of aromatic nitrogens is 4. The first-order chi connectivity index (χ1) is 8.15. The van der Waals surface area contributed by atoms with Gasteiger partial charge in [-0.2, -0.15) is 0 Å². The molecule has 0 saturated carbocycles. The van der Waals surface area contributed by atoms with Gasteiger partial charge in [0, 0.05) is 10.2 Å². The van der Waals surface area contributed by atoms with Crippen LogP contribution in [0.4, 0.5) is 5.69 Å². The predicted molar refractivity (Wildman–Crippen MR) is 65.6 cm³/mol. The van der Waals surface area contributed by atoms with Crippen molar-refractivity contribution in [3.8, 4) is 0 Å². The molecular formula is C9H7BrClN5O. The molecule has 0 atom stereocenters. The van der Waals surface area contributed by atoms with Gasteiger partial charge < -0.3 is 5.32 Å². The highest BCUT2D eigenvalue weighted by atomic mass is 79.9. The highest BCUT2D eigenvalue weighted by molar-refractivity contribution is 9.10. The molecule has 0 spiro atoms. The third-order valence-electron chi connectivity index (χ3n) is 1.90. The standard InChI is InChI=1S/C9H7BrClN5O/c10-7-3-6(1-2-8(7)11)13-9(17)4-16-5-12-14-15-16/h1-3,5H,4H2,(H,13,17). The minimum Gasteiger partial charge on any atom is -0.324 e. The lowest BCUT2D eigenvalue weighted by Gasteiger charge is -2.05. The fourth-order valence-electron chi connectivity index (χ4n) is 1.17. The number of carbonyl (C=O) groups excluding carboxylic acids is 1. The van der Waals surface area contributed by atoms with Crippen molar-refractivity contribution >= 4 is 39.1 Å². The Morgan fingerprint density at radius 3 is 3.00 bits per heavy atom. The number of rotatable bonds is 3. The van der Waals surface area contributed by atoms with Gasteiger partial charge in [0.15, 0.2) is 0 Å². The summed E-state index contributed by atoms with van der Waals surface area (Å²) in [4.78, 5) is 11.6. The van der Waals surface area contributed by atoms with E-state index in [1.807, 2.05) is 0 Å². The van der Waals surface area contributed by atoms with Crippen LogP contribution in [0.3, 0.4) is 0 Å². The van der Waals surface area contributed by atoms with Crippen LogP contribution in [-0.4, -0.2) is 26.1 Å². The lowest BCUT2D eigenvalue weighted by Crippen LogP contribution is -2.19. The molecule has 8 heteroatoms. The maximum absolute atomic E-state index is 11.6. The fraction of sp³-hybridized carbons (Fsp3) is 0.111. The first-order valence-corrected chi connectivity index (χ1v) is 5.78. The molecule has 17 heavy (non-hydrogen) atoms. The number of hydrogen-bond donors (Lipinski definition) is 1. The molecule has 0 saturated heterocycles. The smallest absolute Gasteiger partial charge is 0.246 e. The Balaban J connectivity index is 2.00. The summed E-state index contributed by atoms with van der Waals surface area (Å²) in [7, 11) is 0. The molecule has 2 rings (SSSR count). The SMILES string of the molecule is O=C(Cn1cnnn1)Nc1ccc(Cl)c(Br)c1. The molecule has 1 amide bonds. The van der Waals surface area contributed by atoms with Gasteiger partial charge in [0.2, 0.25) is 5.91 Å². The topological polar surface area (TPSA) is 72.7 Å². The van der Waals surface area contributed by atoms with Crippen LogP contribution in [0.2, 0.25) is 5.02 Å². The number of anilines is 1. The number of nitrogens with one attached hydrogen (secondary N) is 1. The molecule has 0 aliphatic carbocycles. The summed E-state index contributed by atoms with van der Waals surface area (Å²) in [6.07, 6.45) is 1.37. The number of halogens is 2. The number of benzene rings is 1. The highest BCUT2D eigenvalue weighted by Crippen LogP contribution is 2.25. The van der Waals surface area contributed by atoms with Crippen LogP contribution >= 0.6 is 27.5 Å². The minimum atomic E-state index is -0.216. The second-order valence-corrected chi connectivity index (χ2v) is 4.45. The molecule has 0 aliphatic rings. The van der Waals surface area contributed by atoms with Crippen molar-refractivity contribution in [3.05, 3.63) is 34.0 Å². The molecule has 0 unspecified atom stereocenters. The summed E-state index contributed by atoms with van der Waals surface area (Å²) >= 11 is 9.12. The van der Waals surface area contributed by atoms with Crippen LogP contribution in [0.1, 0.15) is 0 Å². The predicted octanol–water partition coefficient (Wildman–Crippen LogP) is 1.73. The molecular weight excluding hydrogens is 309 g/mol. The lowest BCUT2D eigenvalue weighted by atomic mass is 10.3. The molecule has 0 aliphatic heterocycles. The zero-order valence-electron chi connectivity index (χ0n) is 8.47. The number of carbonyl (C=O) groups is 1. The van der Waals surface area contributed by atoms with Crippen molar-refractivity contribution in [3.63, 3.8) is 0 Å². The van der Waals surface area contributed by atoms with Gasteiger partial charge in [-0.25, -0.2) is 4.68 Å². The second kappa shape index (κ2) is 5.24. The summed E-state index contributed by atoms with van der Waals surface area (Å²) in [5.41, 5.74) is 0.652. The van der Waals surface area contributed by atoms with Crippen LogP contribution in [-0.2, 0) is 11.3 Å². The number of nitrogens with zero attached hydrogens (tertiary/aromatic N) is 4. The molecule has 2 aromatic rings. The van der Waals surface area contributed by atoms with E-state index < -0.39 is 0 Å². The zero-order valence-corrected chi connectivity index (χ0v) is 10.8. The molecule has 1 aromatic heterocycles. The van der Waals surface area contributed by atoms with E-state index >= 15 is 0 Å². The van der Waals surface area contributed by atoms with Crippen molar-refractivity contribution in [2.45, 2.75) is 6.54 Å². The second-order valence-electron chi connectivity index (χ2n) is 3.18. The summed E-state index contributed by atoms with van der Waals surface area (Å²) in [6.45, 7) is 0.0627. The van der Waals surface area contributed by atoms with E-state index in [9.17, 15) is 4.79 Å². The monoisotopic (exact) mass is 315 g/mol. The van der Waals surface area contributed by atoms with Crippen LogP contribution in [0, 0.1) is 0 Å². The Hall–Kier alpha value is -1.47. The minimum absolute atomic E-state index is 0.0627. The van der Waals surface area contributed by atoms with Gasteiger partial charge in [-0.1, -0.05) is 11.6 Å². The molecule has 88 valence electrons. The number of amides is 1. The molecule has 1 heterocycles. The van der Waals surface area contributed by atoms with E-state index in [0.717, 1.165) is 4.47 Å². The Morgan fingerprint density at radius 2 is 2.35 bits per heavy atom. The van der Waals surface area contributed by atoms with Crippen molar-refractivity contribution in [1.29, 1.82) is 0 Å². The zero-order chi connectivity index (χ0) is 12.3. The number of tetrazole rings is 1. The van der Waals surface area contributed by atoms with E-state index in [1.54, 1.807) is 18.2 Å². The maximum Gasteiger partial charge on any atom is 0.246 e. The fourth-order valence-corrected chi connectivity index (χ4v) is 1.67. The first-order valence-electron chi connectivity index (χ1n) is 4.61. The van der Waals surface area contributed by atoms with E-state index in [4.69, 9.17) is 11.6 Å². The van der Waals surface area contributed by atoms with E-state index in [-0.39, 0.29) is 12.5 Å². The van der Waals surface area contributed by atoms with Gasteiger partial charge in [0.05, 0.1) is 5.02 Å².